The summed E-state index contributed by atoms with van der Waals surface area (Å²) in [4.78, 5) is 14.1. The molecular weight excluding hydrogens is 370 g/mol. The van der Waals surface area contributed by atoms with Crippen LogP contribution in [0.15, 0.2) is 24.3 Å². The summed E-state index contributed by atoms with van der Waals surface area (Å²) in [5, 5.41) is 3.84. The van der Waals surface area contributed by atoms with Crippen LogP contribution in [0.3, 0.4) is 0 Å². The van der Waals surface area contributed by atoms with Gasteiger partial charge in [-0.3, -0.25) is 4.90 Å². The molecule has 6 heteroatoms. The van der Waals surface area contributed by atoms with Crippen molar-refractivity contribution in [2.24, 2.45) is 0 Å². The number of rotatable bonds is 3. The van der Waals surface area contributed by atoms with Gasteiger partial charge in [0.2, 0.25) is 5.28 Å². The van der Waals surface area contributed by atoms with Gasteiger partial charge in [-0.1, -0.05) is 24.3 Å². The number of hydrogen-bond acceptors (Lipinski definition) is 5. The molecule has 5 nitrogen and oxygen atoms in total. The number of aromatic nitrogens is 2. The highest BCUT2D eigenvalue weighted by atomic mass is 35.5. The highest BCUT2D eigenvalue weighted by Crippen LogP contribution is 2.41. The van der Waals surface area contributed by atoms with E-state index in [2.05, 4.69) is 55.3 Å². The van der Waals surface area contributed by atoms with E-state index in [1.165, 1.54) is 23.1 Å². The summed E-state index contributed by atoms with van der Waals surface area (Å²) in [6.07, 6.45) is 8.57. The summed E-state index contributed by atoms with van der Waals surface area (Å²) in [6.45, 7) is 4.39. The zero-order valence-electron chi connectivity index (χ0n) is 15.9. The molecule has 1 aliphatic carbocycles. The van der Waals surface area contributed by atoms with Crippen LogP contribution in [-0.2, 0) is 19.5 Å². The first kappa shape index (κ1) is 17.9. The van der Waals surface area contributed by atoms with Crippen molar-refractivity contribution < 1.29 is 0 Å². The number of terminal acetylenes is 1. The van der Waals surface area contributed by atoms with E-state index in [4.69, 9.17) is 18.0 Å². The number of halogens is 1. The topological polar surface area (TPSA) is 44.3 Å². The van der Waals surface area contributed by atoms with Crippen molar-refractivity contribution in [2.75, 3.05) is 24.5 Å². The average Bonchev–Trinajstić information content (AvgIpc) is 3.31. The molecule has 5 rings (SSSR count). The number of fused-ring (bicyclic) bond motifs is 2. The average molecular weight is 394 g/mol. The van der Waals surface area contributed by atoms with Crippen LogP contribution in [0.1, 0.15) is 41.3 Å². The van der Waals surface area contributed by atoms with E-state index in [0.717, 1.165) is 57.1 Å². The maximum absolute atomic E-state index is 6.32. The molecule has 1 N–H and O–H groups in total. The van der Waals surface area contributed by atoms with Gasteiger partial charge in [-0.15, -0.1) is 12.3 Å². The second kappa shape index (κ2) is 7.36. The lowest BCUT2D eigenvalue weighted by molar-refractivity contribution is 0.199. The first-order chi connectivity index (χ1) is 13.7. The van der Waals surface area contributed by atoms with Crippen LogP contribution in [0.4, 0.5) is 5.82 Å². The highest BCUT2D eigenvalue weighted by Gasteiger charge is 2.35. The molecule has 3 aliphatic rings. The molecule has 0 saturated carbocycles. The van der Waals surface area contributed by atoms with Gasteiger partial charge < -0.3 is 10.2 Å². The lowest BCUT2D eigenvalue weighted by Crippen LogP contribution is -2.51. The van der Waals surface area contributed by atoms with Crippen LogP contribution >= 0.6 is 11.6 Å². The van der Waals surface area contributed by atoms with Gasteiger partial charge in [0, 0.05) is 56.8 Å². The first-order valence-electron chi connectivity index (χ1n) is 10.0. The third-order valence-electron chi connectivity index (χ3n) is 6.22. The Morgan fingerprint density at radius 3 is 3.04 bits per heavy atom. The summed E-state index contributed by atoms with van der Waals surface area (Å²) in [5.74, 6) is 3.76. The minimum Gasteiger partial charge on any atom is -0.353 e. The van der Waals surface area contributed by atoms with Crippen LogP contribution in [0.2, 0.25) is 5.28 Å². The second-order valence-electron chi connectivity index (χ2n) is 7.91. The largest absolute Gasteiger partial charge is 0.353 e. The molecule has 1 aromatic carbocycles. The van der Waals surface area contributed by atoms with Crippen molar-refractivity contribution >= 4 is 17.4 Å². The molecule has 1 fully saturated rings. The third kappa shape index (κ3) is 3.16. The van der Waals surface area contributed by atoms with Crippen LogP contribution in [0.25, 0.3) is 0 Å². The fourth-order valence-electron chi connectivity index (χ4n) is 4.92. The summed E-state index contributed by atoms with van der Waals surface area (Å²) in [6, 6.07) is 9.56. The molecule has 3 heterocycles. The van der Waals surface area contributed by atoms with Gasteiger partial charge in [0.25, 0.3) is 0 Å². The minimum atomic E-state index is 0.294. The smallest absolute Gasteiger partial charge is 0.224 e. The second-order valence-corrected chi connectivity index (χ2v) is 8.24. The Balaban J connectivity index is 1.42. The fourth-order valence-corrected chi connectivity index (χ4v) is 5.11. The minimum absolute atomic E-state index is 0.294. The molecule has 2 atom stereocenters. The molecule has 1 aromatic heterocycles. The number of piperazine rings is 1. The number of nitrogens with zero attached hydrogens (tertiary/aromatic N) is 4. The van der Waals surface area contributed by atoms with E-state index in [-0.39, 0.29) is 0 Å². The van der Waals surface area contributed by atoms with E-state index in [0.29, 0.717) is 17.4 Å². The SMILES string of the molecule is C#CCC1CN(c2nc(Cl)nc3c2CN(C2CCc4ccccc42)C3)CCN1. The van der Waals surface area contributed by atoms with Gasteiger partial charge in [0.1, 0.15) is 5.82 Å². The fraction of sp³-hybridized carbons (Fsp3) is 0.455. The molecule has 28 heavy (non-hydrogen) atoms. The number of hydrogen-bond donors (Lipinski definition) is 1. The Bertz CT molecular complexity index is 937. The van der Waals surface area contributed by atoms with Crippen molar-refractivity contribution in [3.05, 3.63) is 51.9 Å². The van der Waals surface area contributed by atoms with Crippen LogP contribution < -0.4 is 10.2 Å². The van der Waals surface area contributed by atoms with Gasteiger partial charge in [-0.05, 0) is 35.6 Å². The van der Waals surface area contributed by atoms with Gasteiger partial charge in [0.15, 0.2) is 0 Å². The van der Waals surface area contributed by atoms with Crippen molar-refractivity contribution in [3.63, 3.8) is 0 Å². The first-order valence-corrected chi connectivity index (χ1v) is 10.4. The summed E-state index contributed by atoms with van der Waals surface area (Å²) >= 11 is 6.32. The van der Waals surface area contributed by atoms with Crippen molar-refractivity contribution in [1.29, 1.82) is 0 Å². The van der Waals surface area contributed by atoms with Gasteiger partial charge in [-0.2, -0.15) is 0 Å². The van der Waals surface area contributed by atoms with Gasteiger partial charge in [0.05, 0.1) is 5.69 Å². The Hall–Kier alpha value is -2.13. The Morgan fingerprint density at radius 1 is 1.25 bits per heavy atom. The molecule has 2 unspecified atom stereocenters. The normalized spacial score (nSPS) is 24.1. The molecule has 144 valence electrons. The third-order valence-corrected chi connectivity index (χ3v) is 6.39. The molecule has 0 spiro atoms. The Labute approximate surface area is 171 Å². The number of aryl methyl sites for hydroxylation is 1. The lowest BCUT2D eigenvalue weighted by Gasteiger charge is -2.34. The predicted octanol–water partition coefficient (Wildman–Crippen LogP) is 2.93. The van der Waals surface area contributed by atoms with Gasteiger partial charge in [-0.25, -0.2) is 9.97 Å². The molecule has 2 aromatic rings. The molecule has 1 saturated heterocycles. The zero-order chi connectivity index (χ0) is 19.1. The number of anilines is 1. The molecule has 2 aliphatic heterocycles. The van der Waals surface area contributed by atoms with Crippen LogP contribution in [0, 0.1) is 12.3 Å². The summed E-state index contributed by atoms with van der Waals surface area (Å²) in [5.41, 5.74) is 5.25. The van der Waals surface area contributed by atoms with Gasteiger partial charge >= 0.3 is 0 Å². The molecule has 0 bridgehead atoms. The monoisotopic (exact) mass is 393 g/mol. The zero-order valence-corrected chi connectivity index (χ0v) is 16.6. The van der Waals surface area contributed by atoms with Crippen molar-refractivity contribution in [2.45, 2.75) is 44.4 Å². The van der Waals surface area contributed by atoms with Crippen molar-refractivity contribution in [1.82, 2.24) is 20.2 Å². The van der Waals surface area contributed by atoms with Crippen LogP contribution in [0.5, 0.6) is 0 Å². The standard InChI is InChI=1S/C22H24ClN5/c1-2-5-16-12-27(11-10-24-16)21-18-13-28(14-19(18)25-22(23)26-21)20-9-8-15-6-3-4-7-17(15)20/h1,3-4,6-7,16,20,24H,5,8-14H2. The maximum Gasteiger partial charge on any atom is 0.224 e. The Morgan fingerprint density at radius 2 is 2.14 bits per heavy atom. The van der Waals surface area contributed by atoms with Crippen molar-refractivity contribution in [3.8, 4) is 12.3 Å². The van der Waals surface area contributed by atoms with E-state index in [1.54, 1.807) is 0 Å². The Kier molecular flexibility index (Phi) is 4.72. The van der Waals surface area contributed by atoms with E-state index in [1.807, 2.05) is 0 Å². The highest BCUT2D eigenvalue weighted by molar-refractivity contribution is 6.28. The number of benzene rings is 1. The molecule has 0 radical (unpaired) electrons. The molecule has 0 amide bonds. The summed E-state index contributed by atoms with van der Waals surface area (Å²) in [7, 11) is 0. The predicted molar refractivity (Wildman–Crippen MR) is 111 cm³/mol. The summed E-state index contributed by atoms with van der Waals surface area (Å²) < 4.78 is 0. The van der Waals surface area contributed by atoms with E-state index in [9.17, 15) is 0 Å². The van der Waals surface area contributed by atoms with Crippen LogP contribution in [-0.4, -0.2) is 40.5 Å². The number of nitrogens with one attached hydrogen (secondary N) is 1. The lowest BCUT2D eigenvalue weighted by atomic mass is 10.1. The quantitative estimate of drug-likeness (QED) is 0.641. The molecular formula is C22H24ClN5. The van der Waals surface area contributed by atoms with E-state index >= 15 is 0 Å². The van der Waals surface area contributed by atoms with E-state index < -0.39 is 0 Å². The maximum atomic E-state index is 6.32.